The number of carbonyl (C=O) groups is 1. The van der Waals surface area contributed by atoms with Crippen molar-refractivity contribution in [1.82, 2.24) is 10.2 Å². The molecule has 2 saturated heterocycles. The first-order chi connectivity index (χ1) is 10.3. The third-order valence-electron chi connectivity index (χ3n) is 4.71. The van der Waals surface area contributed by atoms with Crippen LogP contribution in [-0.4, -0.2) is 36.0 Å². The van der Waals surface area contributed by atoms with Gasteiger partial charge in [0.25, 0.3) is 0 Å². The van der Waals surface area contributed by atoms with Crippen LogP contribution in [0, 0.1) is 11.3 Å². The van der Waals surface area contributed by atoms with Crippen LogP contribution in [0.2, 0.25) is 0 Å². The molecule has 1 amide bonds. The second-order valence-corrected chi connectivity index (χ2v) is 5.98. The van der Waals surface area contributed by atoms with Crippen LogP contribution in [0.5, 0.6) is 0 Å². The zero-order valence-corrected chi connectivity index (χ0v) is 12.2. The molecule has 0 bridgehead atoms. The predicted molar refractivity (Wildman–Crippen MR) is 80.6 cm³/mol. The largest absolute Gasteiger partial charge is 0.350 e. The Kier molecular flexibility index (Phi) is 4.21. The molecule has 2 heterocycles. The molecule has 0 aliphatic carbocycles. The molecule has 0 aromatic heterocycles. The molecular formula is C17H21N3O. The number of fused-ring (bicyclic) bond motifs is 1. The summed E-state index contributed by atoms with van der Waals surface area (Å²) < 4.78 is 0. The van der Waals surface area contributed by atoms with Gasteiger partial charge in [0, 0.05) is 18.6 Å². The Morgan fingerprint density at radius 1 is 1.24 bits per heavy atom. The molecule has 0 saturated carbocycles. The molecule has 4 nitrogen and oxygen atoms in total. The number of amides is 1. The minimum Gasteiger partial charge on any atom is -0.350 e. The van der Waals surface area contributed by atoms with Gasteiger partial charge in [0.2, 0.25) is 5.91 Å². The van der Waals surface area contributed by atoms with Gasteiger partial charge in [-0.2, -0.15) is 5.26 Å². The second-order valence-electron chi connectivity index (χ2n) is 5.98. The highest BCUT2D eigenvalue weighted by molar-refractivity contribution is 5.86. The summed E-state index contributed by atoms with van der Waals surface area (Å²) in [6, 6.07) is 12.1. The number of carbonyl (C=O) groups excluding carboxylic acids is 1. The quantitative estimate of drug-likeness (QED) is 0.923. The third kappa shape index (κ3) is 2.93. The Hall–Kier alpha value is -1.86. The van der Waals surface area contributed by atoms with Crippen LogP contribution in [0.1, 0.15) is 37.2 Å². The van der Waals surface area contributed by atoms with E-state index in [2.05, 4.69) is 16.3 Å². The minimum absolute atomic E-state index is 0.152. The van der Waals surface area contributed by atoms with Crippen molar-refractivity contribution in [3.8, 4) is 6.07 Å². The average Bonchev–Trinajstić information content (AvgIpc) is 2.92. The summed E-state index contributed by atoms with van der Waals surface area (Å²) in [5.41, 5.74) is 0.774. The topological polar surface area (TPSA) is 56.1 Å². The maximum atomic E-state index is 12.5. The average molecular weight is 283 g/mol. The van der Waals surface area contributed by atoms with Crippen molar-refractivity contribution in [2.75, 3.05) is 13.1 Å². The fourth-order valence-electron chi connectivity index (χ4n) is 3.61. The number of hydrogen-bond donors (Lipinski definition) is 1. The molecule has 2 aliphatic heterocycles. The lowest BCUT2D eigenvalue weighted by atomic mass is 9.96. The molecule has 3 atom stereocenters. The van der Waals surface area contributed by atoms with Gasteiger partial charge in [-0.25, -0.2) is 0 Å². The summed E-state index contributed by atoms with van der Waals surface area (Å²) in [5, 5.41) is 12.5. The van der Waals surface area contributed by atoms with Crippen LogP contribution in [0.15, 0.2) is 30.3 Å². The van der Waals surface area contributed by atoms with Gasteiger partial charge >= 0.3 is 0 Å². The molecular weight excluding hydrogens is 262 g/mol. The SMILES string of the molecule is N#CC(C(=O)NC1CCN2CCCCC12)c1ccccc1. The van der Waals surface area contributed by atoms with Crippen LogP contribution in [0.4, 0.5) is 0 Å². The van der Waals surface area contributed by atoms with Gasteiger partial charge in [-0.1, -0.05) is 36.8 Å². The van der Waals surface area contributed by atoms with Crippen LogP contribution in [-0.2, 0) is 4.79 Å². The normalized spacial score (nSPS) is 26.6. The van der Waals surface area contributed by atoms with Crippen molar-refractivity contribution >= 4 is 5.91 Å². The first-order valence-electron chi connectivity index (χ1n) is 7.78. The van der Waals surface area contributed by atoms with Crippen molar-refractivity contribution in [3.05, 3.63) is 35.9 Å². The van der Waals surface area contributed by atoms with E-state index in [9.17, 15) is 10.1 Å². The molecule has 0 radical (unpaired) electrons. The van der Waals surface area contributed by atoms with Crippen LogP contribution < -0.4 is 5.32 Å². The summed E-state index contributed by atoms with van der Waals surface area (Å²) >= 11 is 0. The van der Waals surface area contributed by atoms with Gasteiger partial charge in [0.15, 0.2) is 0 Å². The molecule has 3 rings (SSSR count). The molecule has 3 unspecified atom stereocenters. The number of nitriles is 1. The van der Waals surface area contributed by atoms with Crippen molar-refractivity contribution < 1.29 is 4.79 Å². The molecule has 4 heteroatoms. The van der Waals surface area contributed by atoms with E-state index in [4.69, 9.17) is 0 Å². The van der Waals surface area contributed by atoms with E-state index in [1.807, 2.05) is 30.3 Å². The lowest BCUT2D eigenvalue weighted by Gasteiger charge is -2.32. The Balaban J connectivity index is 1.67. The zero-order chi connectivity index (χ0) is 14.7. The van der Waals surface area contributed by atoms with Gasteiger partial charge in [-0.15, -0.1) is 0 Å². The molecule has 0 spiro atoms. The predicted octanol–water partition coefficient (Wildman–Crippen LogP) is 2.04. The molecule has 2 fully saturated rings. The van der Waals surface area contributed by atoms with E-state index < -0.39 is 5.92 Å². The first-order valence-corrected chi connectivity index (χ1v) is 7.78. The zero-order valence-electron chi connectivity index (χ0n) is 12.2. The highest BCUT2D eigenvalue weighted by Gasteiger charge is 2.37. The number of nitrogens with one attached hydrogen (secondary N) is 1. The number of nitrogens with zero attached hydrogens (tertiary/aromatic N) is 2. The number of hydrogen-bond acceptors (Lipinski definition) is 3. The summed E-state index contributed by atoms with van der Waals surface area (Å²) in [4.78, 5) is 14.9. The summed E-state index contributed by atoms with van der Waals surface area (Å²) in [5.74, 6) is -0.857. The smallest absolute Gasteiger partial charge is 0.242 e. The molecule has 1 N–H and O–H groups in total. The number of rotatable bonds is 3. The summed E-state index contributed by atoms with van der Waals surface area (Å²) in [7, 11) is 0. The Morgan fingerprint density at radius 2 is 2.05 bits per heavy atom. The fourth-order valence-corrected chi connectivity index (χ4v) is 3.61. The van der Waals surface area contributed by atoms with Crippen LogP contribution in [0.3, 0.4) is 0 Å². The number of piperidine rings is 1. The Morgan fingerprint density at radius 3 is 2.81 bits per heavy atom. The molecule has 21 heavy (non-hydrogen) atoms. The van der Waals surface area contributed by atoms with Gasteiger partial charge in [0.05, 0.1) is 6.07 Å². The molecule has 1 aromatic rings. The van der Waals surface area contributed by atoms with Crippen molar-refractivity contribution in [1.29, 1.82) is 5.26 Å². The highest BCUT2D eigenvalue weighted by Crippen LogP contribution is 2.27. The molecule has 2 aliphatic rings. The molecule has 110 valence electrons. The second kappa shape index (κ2) is 6.28. The number of benzene rings is 1. The fraction of sp³-hybridized carbons (Fsp3) is 0.529. The van der Waals surface area contributed by atoms with Crippen LogP contribution in [0.25, 0.3) is 0 Å². The summed E-state index contributed by atoms with van der Waals surface area (Å²) in [6.07, 6.45) is 4.67. The lowest BCUT2D eigenvalue weighted by Crippen LogP contribution is -2.47. The molecule has 1 aromatic carbocycles. The maximum absolute atomic E-state index is 12.5. The standard InChI is InChI=1S/C17H21N3O/c18-12-14(13-6-2-1-3-7-13)17(21)19-15-9-11-20-10-5-4-8-16(15)20/h1-3,6-7,14-16H,4-5,8-11H2,(H,19,21). The van der Waals surface area contributed by atoms with E-state index in [1.165, 1.54) is 12.8 Å². The minimum atomic E-state index is -0.705. The van der Waals surface area contributed by atoms with Gasteiger partial charge in [0.1, 0.15) is 5.92 Å². The Labute approximate surface area is 125 Å². The first kappa shape index (κ1) is 14.1. The lowest BCUT2D eigenvalue weighted by molar-refractivity contribution is -0.122. The van der Waals surface area contributed by atoms with Gasteiger partial charge in [-0.05, 0) is 31.4 Å². The van der Waals surface area contributed by atoms with Crippen molar-refractivity contribution in [2.45, 2.75) is 43.7 Å². The van der Waals surface area contributed by atoms with Crippen LogP contribution >= 0.6 is 0 Å². The highest BCUT2D eigenvalue weighted by atomic mass is 16.2. The third-order valence-corrected chi connectivity index (χ3v) is 4.71. The van der Waals surface area contributed by atoms with Crippen molar-refractivity contribution in [2.24, 2.45) is 0 Å². The Bertz CT molecular complexity index is 537. The van der Waals surface area contributed by atoms with Gasteiger partial charge in [-0.3, -0.25) is 9.69 Å². The van der Waals surface area contributed by atoms with E-state index in [0.29, 0.717) is 6.04 Å². The van der Waals surface area contributed by atoms with E-state index in [1.54, 1.807) is 0 Å². The van der Waals surface area contributed by atoms with Gasteiger partial charge < -0.3 is 5.32 Å². The van der Waals surface area contributed by atoms with Crippen molar-refractivity contribution in [3.63, 3.8) is 0 Å². The monoisotopic (exact) mass is 283 g/mol. The van der Waals surface area contributed by atoms with E-state index in [-0.39, 0.29) is 11.9 Å². The van der Waals surface area contributed by atoms with E-state index in [0.717, 1.165) is 31.5 Å². The maximum Gasteiger partial charge on any atom is 0.242 e. The van der Waals surface area contributed by atoms with E-state index >= 15 is 0 Å². The summed E-state index contributed by atoms with van der Waals surface area (Å²) in [6.45, 7) is 2.22.